The number of rotatable bonds is 3. The number of alkyl halides is 1. The molecule has 1 amide bonds. The lowest BCUT2D eigenvalue weighted by Crippen LogP contribution is -2.30. The molecule has 88 valence electrons. The summed E-state index contributed by atoms with van der Waals surface area (Å²) in [6, 6.07) is 4.16. The van der Waals surface area contributed by atoms with E-state index in [1.165, 1.54) is 25.3 Å². The third-order valence-electron chi connectivity index (χ3n) is 1.95. The number of carbonyl (C=O) groups is 1. The van der Waals surface area contributed by atoms with E-state index in [9.17, 15) is 9.18 Å². The Kier molecular flexibility index (Phi) is 3.91. The van der Waals surface area contributed by atoms with Crippen molar-refractivity contribution in [3.8, 4) is 5.75 Å². The maximum atomic E-state index is 13.1. The summed E-state index contributed by atoms with van der Waals surface area (Å²) < 4.78 is 17.2. The Morgan fingerprint density at radius 2 is 2.12 bits per heavy atom. The van der Waals surface area contributed by atoms with Crippen LogP contribution < -0.4 is 10.1 Å². The van der Waals surface area contributed by atoms with Gasteiger partial charge in [-0.2, -0.15) is 0 Å². The Morgan fingerprint density at radius 1 is 1.50 bits per heavy atom. The fourth-order valence-corrected chi connectivity index (χ4v) is 1.12. The second kappa shape index (κ2) is 4.82. The van der Waals surface area contributed by atoms with Gasteiger partial charge in [0, 0.05) is 11.8 Å². The number of methoxy groups -OCH3 is 1. The van der Waals surface area contributed by atoms with Gasteiger partial charge >= 0.3 is 0 Å². The maximum Gasteiger partial charge on any atom is 0.240 e. The van der Waals surface area contributed by atoms with Crippen molar-refractivity contribution in [2.24, 2.45) is 0 Å². The molecular formula is C11H13BrFNO2. The molecule has 1 N–H and O–H groups in total. The van der Waals surface area contributed by atoms with Crippen LogP contribution in [-0.2, 0) is 4.79 Å². The van der Waals surface area contributed by atoms with Crippen LogP contribution in [0.3, 0.4) is 0 Å². The highest BCUT2D eigenvalue weighted by Crippen LogP contribution is 2.23. The molecule has 5 heteroatoms. The van der Waals surface area contributed by atoms with Crippen molar-refractivity contribution in [2.75, 3.05) is 12.4 Å². The number of hydrogen-bond acceptors (Lipinski definition) is 2. The highest BCUT2D eigenvalue weighted by atomic mass is 79.9. The van der Waals surface area contributed by atoms with Crippen LogP contribution in [0.5, 0.6) is 5.75 Å². The fourth-order valence-electron chi connectivity index (χ4n) is 1.02. The number of ether oxygens (including phenoxy) is 1. The molecule has 0 unspecified atom stereocenters. The van der Waals surface area contributed by atoms with E-state index in [4.69, 9.17) is 4.74 Å². The maximum absolute atomic E-state index is 13.1. The average molecular weight is 290 g/mol. The molecule has 0 radical (unpaired) electrons. The molecular weight excluding hydrogens is 277 g/mol. The standard InChI is InChI=1S/C11H13BrFNO2/c1-11(2,12)10(15)14-7-4-5-8(13)9(6-7)16-3/h4-6H,1-3H3,(H,14,15). The monoisotopic (exact) mass is 289 g/mol. The topological polar surface area (TPSA) is 38.3 Å². The Hall–Kier alpha value is -1.10. The van der Waals surface area contributed by atoms with Gasteiger partial charge < -0.3 is 10.1 Å². The summed E-state index contributed by atoms with van der Waals surface area (Å²) in [5.41, 5.74) is 0.496. The van der Waals surface area contributed by atoms with E-state index in [0.717, 1.165) is 0 Å². The van der Waals surface area contributed by atoms with Crippen LogP contribution >= 0.6 is 15.9 Å². The molecule has 1 aromatic carbocycles. The van der Waals surface area contributed by atoms with Gasteiger partial charge in [-0.25, -0.2) is 4.39 Å². The SMILES string of the molecule is COc1cc(NC(=O)C(C)(C)Br)ccc1F. The zero-order valence-electron chi connectivity index (χ0n) is 9.30. The normalized spacial score (nSPS) is 11.1. The van der Waals surface area contributed by atoms with Gasteiger partial charge in [-0.1, -0.05) is 15.9 Å². The molecule has 0 bridgehead atoms. The molecule has 0 spiro atoms. The number of hydrogen-bond donors (Lipinski definition) is 1. The summed E-state index contributed by atoms with van der Waals surface area (Å²) in [5.74, 6) is -0.565. The summed E-state index contributed by atoms with van der Waals surface area (Å²) in [5, 5.41) is 2.65. The molecule has 0 aliphatic rings. The minimum absolute atomic E-state index is 0.102. The van der Waals surface area contributed by atoms with E-state index in [-0.39, 0.29) is 11.7 Å². The van der Waals surface area contributed by atoms with Crippen molar-refractivity contribution in [1.29, 1.82) is 0 Å². The Morgan fingerprint density at radius 3 is 2.62 bits per heavy atom. The number of carbonyl (C=O) groups excluding carboxylic acids is 1. The van der Waals surface area contributed by atoms with Crippen LogP contribution in [0.15, 0.2) is 18.2 Å². The van der Waals surface area contributed by atoms with Crippen molar-refractivity contribution in [1.82, 2.24) is 0 Å². The molecule has 0 aromatic heterocycles. The van der Waals surface area contributed by atoms with Gasteiger partial charge in [0.25, 0.3) is 0 Å². The van der Waals surface area contributed by atoms with Gasteiger partial charge in [0.2, 0.25) is 5.91 Å². The number of nitrogens with one attached hydrogen (secondary N) is 1. The van der Waals surface area contributed by atoms with E-state index < -0.39 is 10.1 Å². The number of halogens is 2. The van der Waals surface area contributed by atoms with Crippen LogP contribution in [0.25, 0.3) is 0 Å². The van der Waals surface area contributed by atoms with E-state index in [1.54, 1.807) is 13.8 Å². The van der Waals surface area contributed by atoms with E-state index in [2.05, 4.69) is 21.2 Å². The van der Waals surface area contributed by atoms with Gasteiger partial charge in [-0.15, -0.1) is 0 Å². The lowest BCUT2D eigenvalue weighted by atomic mass is 10.2. The molecule has 0 fully saturated rings. The van der Waals surface area contributed by atoms with Crippen molar-refractivity contribution in [2.45, 2.75) is 18.2 Å². The highest BCUT2D eigenvalue weighted by Gasteiger charge is 2.23. The van der Waals surface area contributed by atoms with Gasteiger partial charge in [-0.3, -0.25) is 4.79 Å². The molecule has 0 saturated heterocycles. The highest BCUT2D eigenvalue weighted by molar-refractivity contribution is 9.10. The smallest absolute Gasteiger partial charge is 0.240 e. The largest absolute Gasteiger partial charge is 0.494 e. The van der Waals surface area contributed by atoms with Crippen LogP contribution in [0.4, 0.5) is 10.1 Å². The van der Waals surface area contributed by atoms with E-state index in [0.29, 0.717) is 5.69 Å². The first-order valence-electron chi connectivity index (χ1n) is 4.68. The first kappa shape index (κ1) is 13.0. The number of anilines is 1. The quantitative estimate of drug-likeness (QED) is 0.869. The van der Waals surface area contributed by atoms with E-state index >= 15 is 0 Å². The molecule has 0 aliphatic carbocycles. The predicted molar refractivity (Wildman–Crippen MR) is 64.6 cm³/mol. The molecule has 1 rings (SSSR count). The summed E-state index contributed by atoms with van der Waals surface area (Å²) in [7, 11) is 1.37. The molecule has 0 atom stereocenters. The van der Waals surface area contributed by atoms with Crippen LogP contribution in [0.2, 0.25) is 0 Å². The summed E-state index contributed by atoms with van der Waals surface area (Å²) in [6.45, 7) is 3.45. The second-order valence-electron chi connectivity index (χ2n) is 3.78. The molecule has 0 heterocycles. The average Bonchev–Trinajstić information content (AvgIpc) is 2.19. The van der Waals surface area contributed by atoms with Crippen LogP contribution in [0, 0.1) is 5.82 Å². The van der Waals surface area contributed by atoms with Crippen molar-refractivity contribution in [3.63, 3.8) is 0 Å². The summed E-state index contributed by atoms with van der Waals surface area (Å²) in [6.07, 6.45) is 0. The predicted octanol–water partition coefficient (Wildman–Crippen LogP) is 2.95. The Bertz CT molecular complexity index is 401. The minimum atomic E-state index is -0.672. The van der Waals surface area contributed by atoms with Crippen molar-refractivity contribution in [3.05, 3.63) is 24.0 Å². The zero-order valence-corrected chi connectivity index (χ0v) is 10.9. The second-order valence-corrected chi connectivity index (χ2v) is 5.76. The zero-order chi connectivity index (χ0) is 12.3. The van der Waals surface area contributed by atoms with Gasteiger partial charge in [0.05, 0.1) is 11.4 Å². The van der Waals surface area contributed by atoms with Crippen molar-refractivity contribution < 1.29 is 13.9 Å². The fraction of sp³-hybridized carbons (Fsp3) is 0.364. The third-order valence-corrected chi connectivity index (χ3v) is 2.31. The van der Waals surface area contributed by atoms with Crippen LogP contribution in [-0.4, -0.2) is 17.3 Å². The Balaban J connectivity index is 2.87. The molecule has 0 saturated carbocycles. The summed E-state index contributed by atoms with van der Waals surface area (Å²) in [4.78, 5) is 11.6. The van der Waals surface area contributed by atoms with Gasteiger partial charge in [0.1, 0.15) is 0 Å². The number of benzene rings is 1. The molecule has 0 aliphatic heterocycles. The lowest BCUT2D eigenvalue weighted by Gasteiger charge is -2.16. The first-order valence-corrected chi connectivity index (χ1v) is 5.48. The van der Waals surface area contributed by atoms with Crippen LogP contribution in [0.1, 0.15) is 13.8 Å². The first-order chi connectivity index (χ1) is 7.34. The molecule has 16 heavy (non-hydrogen) atoms. The lowest BCUT2D eigenvalue weighted by molar-refractivity contribution is -0.117. The third kappa shape index (κ3) is 3.20. The Labute approximate surface area is 102 Å². The minimum Gasteiger partial charge on any atom is -0.494 e. The summed E-state index contributed by atoms with van der Waals surface area (Å²) >= 11 is 3.23. The number of amides is 1. The molecule has 1 aromatic rings. The molecule has 3 nitrogen and oxygen atoms in total. The van der Waals surface area contributed by atoms with E-state index in [1.807, 2.05) is 0 Å². The van der Waals surface area contributed by atoms with Crippen molar-refractivity contribution >= 4 is 27.5 Å². The van der Waals surface area contributed by atoms with Gasteiger partial charge in [0.15, 0.2) is 11.6 Å². The van der Waals surface area contributed by atoms with Gasteiger partial charge in [-0.05, 0) is 26.0 Å².